The van der Waals surface area contributed by atoms with E-state index in [4.69, 9.17) is 4.52 Å². The quantitative estimate of drug-likeness (QED) is 0.516. The number of anilines is 1. The van der Waals surface area contributed by atoms with Crippen LogP contribution in [0.5, 0.6) is 0 Å². The van der Waals surface area contributed by atoms with Crippen LogP contribution in [-0.2, 0) is 10.2 Å². The van der Waals surface area contributed by atoms with Crippen molar-refractivity contribution in [2.24, 2.45) is 0 Å². The Morgan fingerprint density at radius 1 is 1.03 bits per heavy atom. The van der Waals surface area contributed by atoms with Crippen LogP contribution in [-0.4, -0.2) is 21.0 Å². The van der Waals surface area contributed by atoms with Gasteiger partial charge in [0.2, 0.25) is 11.8 Å². The van der Waals surface area contributed by atoms with Crippen LogP contribution in [0.4, 0.5) is 10.3 Å². The topological polar surface area (TPSA) is 80.9 Å². The zero-order valence-corrected chi connectivity index (χ0v) is 16.5. The summed E-state index contributed by atoms with van der Waals surface area (Å²) in [7, 11) is 0. The first-order chi connectivity index (χ1) is 14.5. The lowest BCUT2D eigenvalue weighted by Gasteiger charge is -2.23. The van der Waals surface area contributed by atoms with Crippen LogP contribution in [0.15, 0.2) is 77.7 Å². The Balaban J connectivity index is 1.75. The van der Waals surface area contributed by atoms with Gasteiger partial charge in [-0.25, -0.2) is 14.4 Å². The zero-order valence-electron chi connectivity index (χ0n) is 16.5. The number of halogens is 1. The van der Waals surface area contributed by atoms with Crippen LogP contribution >= 0.6 is 0 Å². The third kappa shape index (κ3) is 3.69. The predicted octanol–water partition coefficient (Wildman–Crippen LogP) is 4.85. The van der Waals surface area contributed by atoms with Crippen LogP contribution in [0.3, 0.4) is 0 Å². The van der Waals surface area contributed by atoms with E-state index in [1.807, 2.05) is 44.2 Å². The molecule has 0 atom stereocenters. The highest BCUT2D eigenvalue weighted by atomic mass is 19.1. The van der Waals surface area contributed by atoms with Gasteiger partial charge in [-0.05, 0) is 49.7 Å². The molecule has 2 aromatic carbocycles. The first kappa shape index (κ1) is 19.4. The Kier molecular flexibility index (Phi) is 5.10. The molecule has 2 heterocycles. The Morgan fingerprint density at radius 2 is 1.77 bits per heavy atom. The van der Waals surface area contributed by atoms with Crippen molar-refractivity contribution < 1.29 is 13.7 Å². The van der Waals surface area contributed by atoms with Gasteiger partial charge >= 0.3 is 0 Å². The Bertz CT molecular complexity index is 1160. The van der Waals surface area contributed by atoms with E-state index in [9.17, 15) is 9.18 Å². The summed E-state index contributed by atoms with van der Waals surface area (Å²) < 4.78 is 18.9. The van der Waals surface area contributed by atoms with E-state index in [1.165, 1.54) is 18.5 Å². The largest absolute Gasteiger partial charge is 0.337 e. The molecule has 0 aliphatic rings. The normalized spacial score (nSPS) is 11.3. The molecule has 0 aliphatic heterocycles. The molecule has 0 bridgehead atoms. The fourth-order valence-electron chi connectivity index (χ4n) is 3.10. The van der Waals surface area contributed by atoms with Crippen LogP contribution < -0.4 is 5.32 Å². The molecular formula is C23H19FN4O2. The molecule has 0 saturated carbocycles. The fraction of sp³-hybridized carbons (Fsp3) is 0.130. The lowest BCUT2D eigenvalue weighted by atomic mass is 9.84. The summed E-state index contributed by atoms with van der Waals surface area (Å²) in [4.78, 5) is 21.3. The molecule has 7 heteroatoms. The van der Waals surface area contributed by atoms with Gasteiger partial charge in [0, 0.05) is 11.8 Å². The van der Waals surface area contributed by atoms with Gasteiger partial charge in [0.15, 0.2) is 0 Å². The number of nitrogens with one attached hydrogen (secondary N) is 1. The number of rotatable bonds is 5. The van der Waals surface area contributed by atoms with Crippen LogP contribution in [0.2, 0.25) is 0 Å². The lowest BCUT2D eigenvalue weighted by molar-refractivity contribution is -0.120. The summed E-state index contributed by atoms with van der Waals surface area (Å²) in [6.45, 7) is 3.67. The van der Waals surface area contributed by atoms with E-state index < -0.39 is 5.41 Å². The van der Waals surface area contributed by atoms with Gasteiger partial charge in [0.1, 0.15) is 17.8 Å². The summed E-state index contributed by atoms with van der Waals surface area (Å²) >= 11 is 0. The molecular weight excluding hydrogens is 383 g/mol. The summed E-state index contributed by atoms with van der Waals surface area (Å²) in [6, 6.07) is 17.0. The molecule has 6 nitrogen and oxygen atoms in total. The minimum absolute atomic E-state index is 0.169. The van der Waals surface area contributed by atoms with Gasteiger partial charge < -0.3 is 4.52 Å². The van der Waals surface area contributed by atoms with Gasteiger partial charge in [0.25, 0.3) is 0 Å². The molecule has 1 amide bonds. The van der Waals surface area contributed by atoms with Gasteiger partial charge in [-0.2, -0.15) is 0 Å². The highest BCUT2D eigenvalue weighted by Gasteiger charge is 2.32. The smallest absolute Gasteiger partial charge is 0.241 e. The van der Waals surface area contributed by atoms with Gasteiger partial charge in [0.05, 0.1) is 16.7 Å². The SMILES string of the molecule is CC(C)(C(=O)Nc1onc(-c2ccc(F)cc2)c1-c1ccncn1)c1ccccc1. The van der Waals surface area contributed by atoms with E-state index in [0.717, 1.165) is 5.56 Å². The average Bonchev–Trinajstić information content (AvgIpc) is 3.19. The van der Waals surface area contributed by atoms with Crippen LogP contribution in [0.25, 0.3) is 22.5 Å². The molecule has 1 N–H and O–H groups in total. The number of carbonyl (C=O) groups is 1. The second kappa shape index (κ2) is 7.87. The zero-order chi connectivity index (χ0) is 21.1. The van der Waals surface area contributed by atoms with Crippen LogP contribution in [0.1, 0.15) is 19.4 Å². The van der Waals surface area contributed by atoms with Crippen molar-refractivity contribution in [2.45, 2.75) is 19.3 Å². The number of amides is 1. The van der Waals surface area contributed by atoms with Gasteiger partial charge in [-0.3, -0.25) is 10.1 Å². The van der Waals surface area contributed by atoms with Crippen molar-refractivity contribution in [3.63, 3.8) is 0 Å². The van der Waals surface area contributed by atoms with Crippen molar-refractivity contribution in [3.05, 3.63) is 84.6 Å². The number of aromatic nitrogens is 3. The van der Waals surface area contributed by atoms with E-state index in [0.29, 0.717) is 22.5 Å². The molecule has 2 aromatic heterocycles. The third-order valence-electron chi connectivity index (χ3n) is 4.94. The maximum Gasteiger partial charge on any atom is 0.241 e. The molecule has 4 rings (SSSR count). The minimum atomic E-state index is -0.812. The van der Waals surface area contributed by atoms with Gasteiger partial charge in [-0.15, -0.1) is 0 Å². The van der Waals surface area contributed by atoms with E-state index in [-0.39, 0.29) is 17.6 Å². The number of hydrogen-bond donors (Lipinski definition) is 1. The summed E-state index contributed by atoms with van der Waals surface area (Å²) in [5.41, 5.74) is 2.16. The van der Waals surface area contributed by atoms with Crippen LogP contribution in [0, 0.1) is 5.82 Å². The molecule has 0 spiro atoms. The molecule has 0 fully saturated rings. The van der Waals surface area contributed by atoms with Crippen molar-refractivity contribution in [1.29, 1.82) is 0 Å². The number of benzene rings is 2. The molecule has 0 radical (unpaired) electrons. The summed E-state index contributed by atoms with van der Waals surface area (Å²) in [5, 5.41) is 6.97. The third-order valence-corrected chi connectivity index (χ3v) is 4.94. The molecule has 150 valence electrons. The van der Waals surface area contributed by atoms with Crippen molar-refractivity contribution in [2.75, 3.05) is 5.32 Å². The first-order valence-corrected chi connectivity index (χ1v) is 9.36. The predicted molar refractivity (Wildman–Crippen MR) is 111 cm³/mol. The van der Waals surface area contributed by atoms with Crippen molar-refractivity contribution in [1.82, 2.24) is 15.1 Å². The van der Waals surface area contributed by atoms with Crippen molar-refractivity contribution >= 4 is 11.8 Å². The minimum Gasteiger partial charge on any atom is -0.337 e. The average molecular weight is 402 g/mol. The molecule has 0 aliphatic carbocycles. The number of hydrogen-bond acceptors (Lipinski definition) is 5. The molecule has 4 aromatic rings. The second-order valence-electron chi connectivity index (χ2n) is 7.28. The second-order valence-corrected chi connectivity index (χ2v) is 7.28. The van der Waals surface area contributed by atoms with E-state index in [2.05, 4.69) is 20.4 Å². The number of nitrogens with zero attached hydrogens (tertiary/aromatic N) is 3. The maximum atomic E-state index is 13.4. The van der Waals surface area contributed by atoms with E-state index in [1.54, 1.807) is 24.4 Å². The first-order valence-electron chi connectivity index (χ1n) is 9.36. The van der Waals surface area contributed by atoms with E-state index >= 15 is 0 Å². The Hall–Kier alpha value is -3.87. The summed E-state index contributed by atoms with van der Waals surface area (Å²) in [6.07, 6.45) is 2.99. The van der Waals surface area contributed by atoms with Crippen molar-refractivity contribution in [3.8, 4) is 22.5 Å². The maximum absolute atomic E-state index is 13.4. The standard InChI is InChI=1S/C23H19FN4O2/c1-23(2,16-6-4-3-5-7-16)22(29)27-21-19(18-12-13-25-14-26-18)20(28-30-21)15-8-10-17(24)11-9-15/h3-14H,1-2H3,(H,27,29). The lowest BCUT2D eigenvalue weighted by Crippen LogP contribution is -2.34. The highest BCUT2D eigenvalue weighted by Crippen LogP contribution is 2.37. The monoisotopic (exact) mass is 402 g/mol. The Labute approximate surface area is 172 Å². The summed E-state index contributed by atoms with van der Waals surface area (Å²) in [5.74, 6) is -0.447. The fourth-order valence-corrected chi connectivity index (χ4v) is 3.10. The molecule has 0 saturated heterocycles. The number of carbonyl (C=O) groups excluding carboxylic acids is 1. The highest BCUT2D eigenvalue weighted by molar-refractivity contribution is 6.01. The molecule has 30 heavy (non-hydrogen) atoms. The van der Waals surface area contributed by atoms with Gasteiger partial charge in [-0.1, -0.05) is 35.5 Å². The molecule has 0 unspecified atom stereocenters. The Morgan fingerprint density at radius 3 is 2.43 bits per heavy atom.